The number of piperidine rings is 3. The lowest BCUT2D eigenvalue weighted by Crippen LogP contribution is -2.55. The molecule has 39 heavy (non-hydrogen) atoms. The first-order valence-corrected chi connectivity index (χ1v) is 13.6. The Morgan fingerprint density at radius 1 is 1.08 bits per heavy atom. The second-order valence-corrected chi connectivity index (χ2v) is 10.4. The second-order valence-electron chi connectivity index (χ2n) is 10.4. The summed E-state index contributed by atoms with van der Waals surface area (Å²) in [5.74, 6) is 2.84. The number of hydrogen-bond donors (Lipinski definition) is 0. The zero-order chi connectivity index (χ0) is 26.8. The Bertz CT molecular complexity index is 1440. The molecule has 8 heteroatoms. The van der Waals surface area contributed by atoms with Crippen molar-refractivity contribution in [2.45, 2.75) is 31.4 Å². The largest absolute Gasteiger partial charge is 0.497 e. The molecule has 0 radical (unpaired) electrons. The van der Waals surface area contributed by atoms with E-state index in [1.165, 1.54) is 6.42 Å². The molecular weight excluding hydrogens is 490 g/mol. The van der Waals surface area contributed by atoms with Gasteiger partial charge in [-0.15, -0.1) is 11.7 Å². The number of hydrogen-bond acceptors (Lipinski definition) is 7. The van der Waals surface area contributed by atoms with Crippen LogP contribution in [0, 0.1) is 11.8 Å². The number of ether oxygens (including phenoxy) is 3. The van der Waals surface area contributed by atoms with Crippen molar-refractivity contribution in [3.63, 3.8) is 0 Å². The summed E-state index contributed by atoms with van der Waals surface area (Å²) in [6.07, 6.45) is 8.90. The summed E-state index contributed by atoms with van der Waals surface area (Å²) in [6.45, 7) is 6.79. The summed E-state index contributed by atoms with van der Waals surface area (Å²) in [5, 5.41) is 9.81. The maximum atomic E-state index is 6.79. The molecule has 0 aliphatic carbocycles. The van der Waals surface area contributed by atoms with E-state index in [9.17, 15) is 0 Å². The molecule has 3 saturated heterocycles. The van der Waals surface area contributed by atoms with Crippen LogP contribution >= 0.6 is 0 Å². The molecule has 1 unspecified atom stereocenters. The molecular formula is C31H35N5O3. The second kappa shape index (κ2) is 11.2. The molecule has 7 rings (SSSR count). The SMILES string of the molecule is C=C[C@H]1CN2CC[C@H]1C[C@@H]2[C@H](OCCc1cn(-c2ccc(OC)cc2)nn1)c1ccnc2ccc(OC)cc12. The zero-order valence-electron chi connectivity index (χ0n) is 22.6. The minimum atomic E-state index is -0.0900. The number of benzene rings is 2. The van der Waals surface area contributed by atoms with Crippen LogP contribution in [0.15, 0.2) is 73.6 Å². The number of rotatable bonds is 10. The minimum absolute atomic E-state index is 0.0900. The average Bonchev–Trinajstić information content (AvgIpc) is 3.48. The number of pyridine rings is 1. The summed E-state index contributed by atoms with van der Waals surface area (Å²) in [5.41, 5.74) is 3.94. The van der Waals surface area contributed by atoms with Crippen LogP contribution < -0.4 is 9.47 Å². The fraction of sp³-hybridized carbons (Fsp3) is 0.387. The van der Waals surface area contributed by atoms with Gasteiger partial charge >= 0.3 is 0 Å². The first kappa shape index (κ1) is 25.5. The highest BCUT2D eigenvalue weighted by molar-refractivity contribution is 5.84. The molecule has 0 spiro atoms. The highest BCUT2D eigenvalue weighted by Crippen LogP contribution is 2.43. The lowest BCUT2D eigenvalue weighted by Gasteiger charge is -2.51. The van der Waals surface area contributed by atoms with Crippen molar-refractivity contribution in [3.05, 3.63) is 84.8 Å². The summed E-state index contributed by atoms with van der Waals surface area (Å²) in [4.78, 5) is 7.22. The van der Waals surface area contributed by atoms with Gasteiger partial charge in [0, 0.05) is 30.6 Å². The van der Waals surface area contributed by atoms with Crippen molar-refractivity contribution in [2.24, 2.45) is 11.8 Å². The zero-order valence-corrected chi connectivity index (χ0v) is 22.6. The molecule has 2 bridgehead atoms. The number of fused-ring (bicyclic) bond motifs is 4. The van der Waals surface area contributed by atoms with E-state index < -0.39 is 0 Å². The van der Waals surface area contributed by atoms with Crippen molar-refractivity contribution in [1.29, 1.82) is 0 Å². The van der Waals surface area contributed by atoms with Gasteiger partial charge in [-0.05, 0) is 85.3 Å². The minimum Gasteiger partial charge on any atom is -0.497 e. The monoisotopic (exact) mass is 525 g/mol. The third-order valence-electron chi connectivity index (χ3n) is 8.33. The van der Waals surface area contributed by atoms with Gasteiger partial charge in [0.2, 0.25) is 0 Å². The maximum Gasteiger partial charge on any atom is 0.119 e. The average molecular weight is 526 g/mol. The maximum absolute atomic E-state index is 6.79. The van der Waals surface area contributed by atoms with Crippen molar-refractivity contribution in [1.82, 2.24) is 24.9 Å². The van der Waals surface area contributed by atoms with Crippen molar-refractivity contribution in [3.8, 4) is 17.2 Å². The van der Waals surface area contributed by atoms with Gasteiger partial charge in [-0.1, -0.05) is 11.3 Å². The highest BCUT2D eigenvalue weighted by atomic mass is 16.5. The van der Waals surface area contributed by atoms with Crippen LogP contribution in [0.25, 0.3) is 16.6 Å². The van der Waals surface area contributed by atoms with E-state index in [0.717, 1.165) is 58.9 Å². The van der Waals surface area contributed by atoms with E-state index in [0.29, 0.717) is 30.9 Å². The molecule has 5 heterocycles. The molecule has 0 saturated carbocycles. The fourth-order valence-corrected chi connectivity index (χ4v) is 6.19. The quantitative estimate of drug-likeness (QED) is 0.269. The van der Waals surface area contributed by atoms with E-state index in [2.05, 4.69) is 45.0 Å². The molecule has 4 aromatic rings. The molecule has 2 aromatic heterocycles. The van der Waals surface area contributed by atoms with Crippen molar-refractivity contribution >= 4 is 10.9 Å². The molecule has 5 atom stereocenters. The smallest absolute Gasteiger partial charge is 0.119 e. The van der Waals surface area contributed by atoms with Crippen molar-refractivity contribution in [2.75, 3.05) is 33.9 Å². The summed E-state index contributed by atoms with van der Waals surface area (Å²) in [6, 6.07) is 16.2. The summed E-state index contributed by atoms with van der Waals surface area (Å²) >= 11 is 0. The van der Waals surface area contributed by atoms with Crippen LogP contribution in [0.1, 0.15) is 30.2 Å². The lowest BCUT2D eigenvalue weighted by atomic mass is 9.73. The number of nitrogens with zero attached hydrogens (tertiary/aromatic N) is 5. The fourth-order valence-electron chi connectivity index (χ4n) is 6.19. The van der Waals surface area contributed by atoms with Crippen LogP contribution in [0.4, 0.5) is 0 Å². The van der Waals surface area contributed by atoms with Crippen molar-refractivity contribution < 1.29 is 14.2 Å². The summed E-state index contributed by atoms with van der Waals surface area (Å²) < 4.78 is 19.4. The van der Waals surface area contributed by atoms with Crippen LogP contribution in [0.5, 0.6) is 11.5 Å². The van der Waals surface area contributed by atoms with E-state index in [1.807, 2.05) is 48.8 Å². The first-order chi connectivity index (χ1) is 19.2. The Morgan fingerprint density at radius 2 is 1.90 bits per heavy atom. The van der Waals surface area contributed by atoms with E-state index >= 15 is 0 Å². The Labute approximate surface area is 229 Å². The number of aromatic nitrogens is 4. The third kappa shape index (κ3) is 5.14. The van der Waals surface area contributed by atoms with Crippen LogP contribution in [0.2, 0.25) is 0 Å². The third-order valence-corrected chi connectivity index (χ3v) is 8.33. The van der Waals surface area contributed by atoms with Crippen LogP contribution in [-0.4, -0.2) is 64.8 Å². The van der Waals surface area contributed by atoms with Crippen LogP contribution in [-0.2, 0) is 11.2 Å². The van der Waals surface area contributed by atoms with E-state index in [-0.39, 0.29) is 6.10 Å². The molecule has 0 N–H and O–H groups in total. The molecule has 0 amide bonds. The van der Waals surface area contributed by atoms with Gasteiger partial charge in [0.1, 0.15) is 11.5 Å². The lowest BCUT2D eigenvalue weighted by molar-refractivity contribution is -0.0742. The molecule has 202 valence electrons. The van der Waals surface area contributed by atoms with Gasteiger partial charge in [-0.3, -0.25) is 9.88 Å². The molecule has 3 aliphatic rings. The standard InChI is InChI=1S/C31H35N5O3/c1-4-21-19-35-15-12-22(21)17-30(35)31(27-11-14-32-29-10-9-26(38-3)18-28(27)29)39-16-13-23-20-36(34-33-23)24-5-7-25(37-2)8-6-24/h4-11,14,18,20-22,30-31H,1,12-13,15-17,19H2,2-3H3/t21-,22-,30+,31+/m0/s1. The molecule has 3 fully saturated rings. The number of methoxy groups -OCH3 is 2. The van der Waals surface area contributed by atoms with E-state index in [4.69, 9.17) is 14.2 Å². The van der Waals surface area contributed by atoms with Gasteiger partial charge < -0.3 is 14.2 Å². The molecule has 2 aromatic carbocycles. The Morgan fingerprint density at radius 3 is 2.64 bits per heavy atom. The van der Waals surface area contributed by atoms with Gasteiger partial charge in [-0.25, -0.2) is 4.68 Å². The van der Waals surface area contributed by atoms with E-state index in [1.54, 1.807) is 18.9 Å². The first-order valence-electron chi connectivity index (χ1n) is 13.6. The van der Waals surface area contributed by atoms with Gasteiger partial charge in [-0.2, -0.15) is 0 Å². The van der Waals surface area contributed by atoms with Gasteiger partial charge in [0.25, 0.3) is 0 Å². The predicted molar refractivity (Wildman–Crippen MR) is 150 cm³/mol. The molecule has 3 aliphatic heterocycles. The summed E-state index contributed by atoms with van der Waals surface area (Å²) in [7, 11) is 3.36. The Balaban J connectivity index is 1.24. The van der Waals surface area contributed by atoms with Crippen LogP contribution in [0.3, 0.4) is 0 Å². The van der Waals surface area contributed by atoms with Gasteiger partial charge in [0.05, 0.1) is 50.0 Å². The topological polar surface area (TPSA) is 74.5 Å². The highest BCUT2D eigenvalue weighted by Gasteiger charge is 2.43. The Hall–Kier alpha value is -3.75. The van der Waals surface area contributed by atoms with Gasteiger partial charge in [0.15, 0.2) is 0 Å². The predicted octanol–water partition coefficient (Wildman–Crippen LogP) is 5.03. The molecule has 8 nitrogen and oxygen atoms in total. The Kier molecular flexibility index (Phi) is 7.30. The normalized spacial score (nSPS) is 23.0.